The molecule has 4 atom stereocenters. The molecule has 40 heavy (non-hydrogen) atoms. The molecule has 5 nitrogen and oxygen atoms in total. The lowest BCUT2D eigenvalue weighted by atomic mass is 9.79. The first-order chi connectivity index (χ1) is 19.5. The van der Waals surface area contributed by atoms with Gasteiger partial charge in [-0.2, -0.15) is 0 Å². The van der Waals surface area contributed by atoms with Crippen LogP contribution in [0.25, 0.3) is 0 Å². The third-order valence-corrected chi connectivity index (χ3v) is 8.08. The smallest absolute Gasteiger partial charge is 0.259 e. The van der Waals surface area contributed by atoms with E-state index in [1.807, 2.05) is 61.5 Å². The fourth-order valence-electron chi connectivity index (χ4n) is 6.28. The average molecular weight is 593 g/mol. The molecule has 3 heterocycles. The summed E-state index contributed by atoms with van der Waals surface area (Å²) in [6.45, 7) is 5.71. The highest BCUT2D eigenvalue weighted by Crippen LogP contribution is 2.52. The number of fused-ring (bicyclic) bond motifs is 3. The number of rotatable bonds is 6. The van der Waals surface area contributed by atoms with Crippen molar-refractivity contribution in [1.82, 2.24) is 9.91 Å². The van der Waals surface area contributed by atoms with E-state index in [4.69, 9.17) is 0 Å². The summed E-state index contributed by atoms with van der Waals surface area (Å²) >= 11 is 3.48. The maximum atomic E-state index is 14.5. The SMILES string of the molecule is C=CC=C(C=C(C)Br)N1C(=O)C2C(c3ccccc3)C=C3CC(c4ccccc4)N(c4ccccc4)N3C2C1=O. The third-order valence-electron chi connectivity index (χ3n) is 7.85. The van der Waals surface area contributed by atoms with Gasteiger partial charge in [-0.25, -0.2) is 4.90 Å². The number of carbonyl (C=O) groups excluding carboxylic acids is 2. The molecule has 4 unspecified atom stereocenters. The molecule has 3 aliphatic rings. The monoisotopic (exact) mass is 591 g/mol. The van der Waals surface area contributed by atoms with Crippen LogP contribution < -0.4 is 5.01 Å². The Bertz CT molecular complexity index is 1530. The lowest BCUT2D eigenvalue weighted by molar-refractivity contribution is -0.137. The van der Waals surface area contributed by atoms with Crippen molar-refractivity contribution in [2.24, 2.45) is 5.92 Å². The first-order valence-corrected chi connectivity index (χ1v) is 14.3. The number of anilines is 1. The summed E-state index contributed by atoms with van der Waals surface area (Å²) in [5.41, 5.74) is 4.73. The van der Waals surface area contributed by atoms with Crippen LogP contribution in [0.15, 0.2) is 138 Å². The van der Waals surface area contributed by atoms with Gasteiger partial charge in [-0.15, -0.1) is 0 Å². The zero-order valence-electron chi connectivity index (χ0n) is 22.2. The lowest BCUT2D eigenvalue weighted by Gasteiger charge is -2.43. The van der Waals surface area contributed by atoms with Crippen LogP contribution in [0.5, 0.6) is 0 Å². The van der Waals surface area contributed by atoms with Gasteiger partial charge in [-0.3, -0.25) is 19.6 Å². The van der Waals surface area contributed by atoms with Crippen molar-refractivity contribution in [3.63, 3.8) is 0 Å². The Hall–Kier alpha value is -4.16. The van der Waals surface area contributed by atoms with Gasteiger partial charge < -0.3 is 0 Å². The largest absolute Gasteiger partial charge is 0.277 e. The summed E-state index contributed by atoms with van der Waals surface area (Å²) in [6.07, 6.45) is 8.07. The van der Waals surface area contributed by atoms with Crippen LogP contribution in [-0.4, -0.2) is 27.8 Å². The van der Waals surface area contributed by atoms with Gasteiger partial charge in [-0.05, 0) is 46.8 Å². The van der Waals surface area contributed by atoms with Gasteiger partial charge in [0.1, 0.15) is 6.04 Å². The molecule has 3 aromatic carbocycles. The number of halogens is 1. The maximum Gasteiger partial charge on any atom is 0.259 e. The van der Waals surface area contributed by atoms with Crippen molar-refractivity contribution in [2.75, 3.05) is 5.01 Å². The van der Waals surface area contributed by atoms with Crippen molar-refractivity contribution >= 4 is 33.4 Å². The Balaban J connectivity index is 1.55. The van der Waals surface area contributed by atoms with Crippen LogP contribution in [0.2, 0.25) is 0 Å². The molecule has 0 aliphatic carbocycles. The van der Waals surface area contributed by atoms with Crippen molar-refractivity contribution in [3.8, 4) is 0 Å². The highest BCUT2D eigenvalue weighted by molar-refractivity contribution is 9.11. The predicted molar refractivity (Wildman–Crippen MR) is 162 cm³/mol. The van der Waals surface area contributed by atoms with Crippen molar-refractivity contribution in [1.29, 1.82) is 0 Å². The van der Waals surface area contributed by atoms with Gasteiger partial charge in [0.2, 0.25) is 5.91 Å². The molecule has 3 aromatic rings. The molecule has 0 aromatic heterocycles. The number of likely N-dealkylation sites (tertiary alicyclic amines) is 1. The van der Waals surface area contributed by atoms with Gasteiger partial charge >= 0.3 is 0 Å². The van der Waals surface area contributed by atoms with Gasteiger partial charge in [-0.1, -0.05) is 114 Å². The minimum atomic E-state index is -0.691. The highest BCUT2D eigenvalue weighted by atomic mass is 79.9. The van der Waals surface area contributed by atoms with E-state index in [1.54, 1.807) is 18.2 Å². The Labute approximate surface area is 243 Å². The van der Waals surface area contributed by atoms with Crippen LogP contribution in [0, 0.1) is 5.92 Å². The summed E-state index contributed by atoms with van der Waals surface area (Å²) in [6, 6.07) is 29.9. The molecule has 2 fully saturated rings. The Morgan fingerprint density at radius 3 is 2.05 bits per heavy atom. The van der Waals surface area contributed by atoms with Crippen molar-refractivity contribution in [2.45, 2.75) is 31.3 Å². The number of nitrogens with zero attached hydrogens (tertiary/aromatic N) is 3. The number of hydrazine groups is 1. The second kappa shape index (κ2) is 10.8. The molecule has 3 aliphatic heterocycles. The van der Waals surface area contributed by atoms with Gasteiger partial charge in [0.15, 0.2) is 0 Å². The Morgan fingerprint density at radius 1 is 0.850 bits per heavy atom. The minimum Gasteiger partial charge on any atom is -0.277 e. The van der Waals surface area contributed by atoms with E-state index in [0.29, 0.717) is 5.70 Å². The van der Waals surface area contributed by atoms with Crippen LogP contribution >= 0.6 is 15.9 Å². The van der Waals surface area contributed by atoms with E-state index in [2.05, 4.69) is 75.0 Å². The second-order valence-electron chi connectivity index (χ2n) is 10.3. The van der Waals surface area contributed by atoms with Gasteiger partial charge in [0.25, 0.3) is 5.91 Å². The zero-order chi connectivity index (χ0) is 27.8. The average Bonchev–Trinajstić information content (AvgIpc) is 3.48. The lowest BCUT2D eigenvalue weighted by Crippen LogP contribution is -2.53. The normalized spacial score (nSPS) is 24.6. The molecule has 2 saturated heterocycles. The number of hydrogen-bond donors (Lipinski definition) is 0. The highest BCUT2D eigenvalue weighted by Gasteiger charge is 2.60. The molecule has 0 bridgehead atoms. The van der Waals surface area contributed by atoms with E-state index in [-0.39, 0.29) is 23.8 Å². The minimum absolute atomic E-state index is 0.0187. The first-order valence-electron chi connectivity index (χ1n) is 13.5. The predicted octanol–water partition coefficient (Wildman–Crippen LogP) is 7.26. The molecule has 6 heteroatoms. The fourth-order valence-corrected chi connectivity index (χ4v) is 6.52. The standard InChI is InChI=1S/C34H30BrN3O2/c1-3-13-27(20-23(2)35)36-33(39)31-29(24-14-7-4-8-15-24)21-28-22-30(25-16-9-5-10-17-25)37(26-18-11-6-12-19-26)38(28)32(31)34(36)40/h3-21,29-32H,1,22H2,2H3. The third kappa shape index (κ3) is 4.42. The topological polar surface area (TPSA) is 43.9 Å². The van der Waals surface area contributed by atoms with Crippen molar-refractivity contribution < 1.29 is 9.59 Å². The number of hydrogen-bond acceptors (Lipinski definition) is 4. The Kier molecular flexibility index (Phi) is 7.03. The Morgan fingerprint density at radius 2 is 1.45 bits per heavy atom. The number of benzene rings is 3. The van der Waals surface area contributed by atoms with Crippen LogP contribution in [0.3, 0.4) is 0 Å². The molecule has 200 valence electrons. The van der Waals surface area contributed by atoms with E-state index < -0.39 is 12.0 Å². The number of para-hydroxylation sites is 1. The molecule has 0 radical (unpaired) electrons. The maximum absolute atomic E-state index is 14.5. The van der Waals surface area contributed by atoms with Gasteiger partial charge in [0, 0.05) is 18.0 Å². The number of imide groups is 1. The molecule has 0 N–H and O–H groups in total. The molecular weight excluding hydrogens is 562 g/mol. The summed E-state index contributed by atoms with van der Waals surface area (Å²) in [5, 5.41) is 4.32. The number of amides is 2. The van der Waals surface area contributed by atoms with Crippen LogP contribution in [0.4, 0.5) is 5.69 Å². The summed E-state index contributed by atoms with van der Waals surface area (Å²) < 4.78 is 0.811. The van der Waals surface area contributed by atoms with E-state index in [0.717, 1.165) is 33.4 Å². The van der Waals surface area contributed by atoms with Gasteiger partial charge in [0.05, 0.1) is 23.3 Å². The summed E-state index contributed by atoms with van der Waals surface area (Å²) in [7, 11) is 0. The zero-order valence-corrected chi connectivity index (χ0v) is 23.8. The van der Waals surface area contributed by atoms with Crippen LogP contribution in [-0.2, 0) is 9.59 Å². The van der Waals surface area contributed by atoms with E-state index in [9.17, 15) is 9.59 Å². The number of allylic oxidation sites excluding steroid dienone is 5. The summed E-state index contributed by atoms with van der Waals surface area (Å²) in [4.78, 5) is 30.2. The van der Waals surface area contributed by atoms with E-state index >= 15 is 0 Å². The van der Waals surface area contributed by atoms with Crippen molar-refractivity contribution in [3.05, 3.63) is 149 Å². The second-order valence-corrected chi connectivity index (χ2v) is 11.5. The quantitative estimate of drug-likeness (QED) is 0.223. The first kappa shape index (κ1) is 26.1. The summed E-state index contributed by atoms with van der Waals surface area (Å²) in [5.74, 6) is -1.25. The molecule has 2 amide bonds. The van der Waals surface area contributed by atoms with E-state index in [1.165, 1.54) is 4.90 Å². The molecule has 6 rings (SSSR count). The van der Waals surface area contributed by atoms with Crippen LogP contribution in [0.1, 0.15) is 36.4 Å². The molecule has 0 spiro atoms. The number of carbonyl (C=O) groups is 2. The molecular formula is C34H30BrN3O2. The molecule has 0 saturated carbocycles. The fraction of sp³-hybridized carbons (Fsp3) is 0.176.